The zero-order valence-electron chi connectivity index (χ0n) is 12.0. The Morgan fingerprint density at radius 2 is 2.00 bits per heavy atom. The normalized spacial score (nSPS) is 23.4. The number of aliphatic carboxylic acids is 1. The van der Waals surface area contributed by atoms with Crippen molar-refractivity contribution in [2.45, 2.75) is 51.2 Å². The lowest BCUT2D eigenvalue weighted by Crippen LogP contribution is -2.46. The topological polar surface area (TPSA) is 105 Å². The second-order valence-corrected chi connectivity index (χ2v) is 5.36. The maximum absolute atomic E-state index is 12.2. The summed E-state index contributed by atoms with van der Waals surface area (Å²) in [6.07, 6.45) is 0.728. The van der Waals surface area contributed by atoms with Gasteiger partial charge >= 0.3 is 12.1 Å². The monoisotopic (exact) mass is 286 g/mol. The first-order chi connectivity index (χ1) is 9.35. The second-order valence-electron chi connectivity index (χ2n) is 5.36. The summed E-state index contributed by atoms with van der Waals surface area (Å²) in [4.78, 5) is 34.3. The molecular formula is C13H22N2O5. The van der Waals surface area contributed by atoms with E-state index in [1.807, 2.05) is 13.8 Å². The minimum Gasteiger partial charge on any atom is -0.480 e. The Bertz CT molecular complexity index is 383. The van der Waals surface area contributed by atoms with Crippen LogP contribution in [0.4, 0.5) is 4.79 Å². The summed E-state index contributed by atoms with van der Waals surface area (Å²) in [5.41, 5.74) is 0. The summed E-state index contributed by atoms with van der Waals surface area (Å²) in [7, 11) is 1.24. The number of rotatable bonds is 6. The van der Waals surface area contributed by atoms with E-state index in [9.17, 15) is 14.4 Å². The summed E-state index contributed by atoms with van der Waals surface area (Å²) >= 11 is 0. The minimum absolute atomic E-state index is 0.0572. The van der Waals surface area contributed by atoms with Gasteiger partial charge in [-0.15, -0.1) is 0 Å². The van der Waals surface area contributed by atoms with Crippen LogP contribution in [0.2, 0.25) is 0 Å². The Morgan fingerprint density at radius 3 is 2.45 bits per heavy atom. The summed E-state index contributed by atoms with van der Waals surface area (Å²) in [5.74, 6) is -1.07. The van der Waals surface area contributed by atoms with E-state index in [1.165, 1.54) is 7.11 Å². The van der Waals surface area contributed by atoms with Crippen molar-refractivity contribution in [2.24, 2.45) is 5.92 Å². The van der Waals surface area contributed by atoms with Crippen LogP contribution in [-0.2, 0) is 14.3 Å². The van der Waals surface area contributed by atoms with Crippen LogP contribution in [0.1, 0.15) is 33.1 Å². The molecule has 7 nitrogen and oxygen atoms in total. The van der Waals surface area contributed by atoms with Gasteiger partial charge in [0.2, 0.25) is 0 Å². The molecule has 0 spiro atoms. The van der Waals surface area contributed by atoms with Crippen LogP contribution in [-0.4, -0.2) is 48.2 Å². The lowest BCUT2D eigenvalue weighted by Gasteiger charge is -2.22. The van der Waals surface area contributed by atoms with Gasteiger partial charge in [0.15, 0.2) is 5.78 Å². The van der Waals surface area contributed by atoms with Crippen LogP contribution in [0, 0.1) is 5.92 Å². The number of hydrogen-bond acceptors (Lipinski definition) is 5. The van der Waals surface area contributed by atoms with E-state index in [0.29, 0.717) is 12.8 Å². The first kappa shape index (κ1) is 16.4. The van der Waals surface area contributed by atoms with Crippen LogP contribution in [0.25, 0.3) is 0 Å². The first-order valence-electron chi connectivity index (χ1n) is 6.71. The number of nitrogens with one attached hydrogen (secondary N) is 2. The van der Waals surface area contributed by atoms with Gasteiger partial charge in [0.25, 0.3) is 0 Å². The number of carbonyl (C=O) groups excluding carboxylic acids is 2. The van der Waals surface area contributed by atoms with Gasteiger partial charge in [-0.25, -0.2) is 4.79 Å². The Hall–Kier alpha value is -1.63. The van der Waals surface area contributed by atoms with Gasteiger partial charge in [-0.1, -0.05) is 13.8 Å². The number of Topliss-reactive ketones (excluding diaryl/α,β-unsaturated/α-hetero) is 1. The predicted molar refractivity (Wildman–Crippen MR) is 71.4 cm³/mol. The minimum atomic E-state index is -0.895. The second kappa shape index (κ2) is 7.23. The number of methoxy groups -OCH3 is 1. The molecule has 3 N–H and O–H groups in total. The SMILES string of the molecule is COC(=O)NC(C(=O)CC1CCC(C(=O)O)N1)C(C)C. The third kappa shape index (κ3) is 4.48. The molecule has 1 rings (SSSR count). The first-order valence-corrected chi connectivity index (χ1v) is 6.71. The molecule has 3 atom stereocenters. The van der Waals surface area contributed by atoms with Gasteiger partial charge in [0.1, 0.15) is 6.04 Å². The highest BCUT2D eigenvalue weighted by Crippen LogP contribution is 2.17. The van der Waals surface area contributed by atoms with E-state index in [-0.39, 0.29) is 24.2 Å². The molecule has 1 aliphatic rings. The third-order valence-electron chi connectivity index (χ3n) is 3.46. The average Bonchev–Trinajstić information content (AvgIpc) is 2.83. The van der Waals surface area contributed by atoms with Crippen molar-refractivity contribution < 1.29 is 24.2 Å². The number of alkyl carbamates (subject to hydrolysis) is 1. The van der Waals surface area contributed by atoms with Crippen molar-refractivity contribution in [2.75, 3.05) is 7.11 Å². The Labute approximate surface area is 118 Å². The van der Waals surface area contributed by atoms with E-state index >= 15 is 0 Å². The molecule has 3 unspecified atom stereocenters. The molecule has 1 saturated heterocycles. The molecular weight excluding hydrogens is 264 g/mol. The average molecular weight is 286 g/mol. The van der Waals surface area contributed by atoms with Crippen LogP contribution >= 0.6 is 0 Å². The number of carbonyl (C=O) groups is 3. The molecule has 0 aromatic carbocycles. The van der Waals surface area contributed by atoms with Gasteiger partial charge in [-0.2, -0.15) is 0 Å². The van der Waals surface area contributed by atoms with Crippen LogP contribution in [0.3, 0.4) is 0 Å². The van der Waals surface area contributed by atoms with Crippen molar-refractivity contribution in [3.05, 3.63) is 0 Å². The zero-order chi connectivity index (χ0) is 15.3. The quantitative estimate of drug-likeness (QED) is 0.658. The van der Waals surface area contributed by atoms with Gasteiger partial charge in [-0.05, 0) is 18.8 Å². The lowest BCUT2D eigenvalue weighted by atomic mass is 9.95. The van der Waals surface area contributed by atoms with Crippen molar-refractivity contribution in [1.82, 2.24) is 10.6 Å². The number of amides is 1. The van der Waals surface area contributed by atoms with E-state index in [1.54, 1.807) is 0 Å². The lowest BCUT2D eigenvalue weighted by molar-refractivity contribution is -0.139. The molecule has 0 aromatic heterocycles. The number of hydrogen-bond donors (Lipinski definition) is 3. The molecule has 1 fully saturated rings. The Balaban J connectivity index is 2.55. The summed E-state index contributed by atoms with van der Waals surface area (Å²) in [6.45, 7) is 3.67. The molecule has 0 bridgehead atoms. The van der Waals surface area contributed by atoms with E-state index in [0.717, 1.165) is 0 Å². The Kier molecular flexibility index (Phi) is 5.94. The van der Waals surface area contributed by atoms with Crippen LogP contribution < -0.4 is 10.6 Å². The fraction of sp³-hybridized carbons (Fsp3) is 0.769. The molecule has 114 valence electrons. The number of ether oxygens (including phenoxy) is 1. The van der Waals surface area contributed by atoms with Crippen LogP contribution in [0.15, 0.2) is 0 Å². The summed E-state index contributed by atoms with van der Waals surface area (Å²) < 4.78 is 4.50. The molecule has 7 heteroatoms. The predicted octanol–water partition coefficient (Wildman–Crippen LogP) is 0.531. The Morgan fingerprint density at radius 1 is 1.35 bits per heavy atom. The molecule has 1 aliphatic heterocycles. The fourth-order valence-corrected chi connectivity index (χ4v) is 2.35. The zero-order valence-corrected chi connectivity index (χ0v) is 12.0. The molecule has 0 radical (unpaired) electrons. The highest BCUT2D eigenvalue weighted by molar-refractivity contribution is 5.88. The van der Waals surface area contributed by atoms with Crippen LogP contribution in [0.5, 0.6) is 0 Å². The van der Waals surface area contributed by atoms with Gasteiger partial charge in [-0.3, -0.25) is 9.59 Å². The molecule has 0 aromatic rings. The summed E-state index contributed by atoms with van der Waals surface area (Å²) in [5, 5.41) is 14.3. The molecule has 20 heavy (non-hydrogen) atoms. The maximum Gasteiger partial charge on any atom is 0.407 e. The van der Waals surface area contributed by atoms with E-state index < -0.39 is 24.1 Å². The number of carboxylic acid groups (broad SMARTS) is 1. The fourth-order valence-electron chi connectivity index (χ4n) is 2.35. The van der Waals surface area contributed by atoms with E-state index in [4.69, 9.17) is 5.11 Å². The van der Waals surface area contributed by atoms with Gasteiger partial charge < -0.3 is 20.5 Å². The van der Waals surface area contributed by atoms with Gasteiger partial charge in [0.05, 0.1) is 13.2 Å². The molecule has 0 aliphatic carbocycles. The third-order valence-corrected chi connectivity index (χ3v) is 3.46. The maximum atomic E-state index is 12.2. The highest BCUT2D eigenvalue weighted by Gasteiger charge is 2.32. The number of ketones is 1. The largest absolute Gasteiger partial charge is 0.480 e. The van der Waals surface area contributed by atoms with Crippen molar-refractivity contribution >= 4 is 17.8 Å². The molecule has 1 amide bonds. The van der Waals surface area contributed by atoms with Crippen molar-refractivity contribution in [3.63, 3.8) is 0 Å². The van der Waals surface area contributed by atoms with Crippen molar-refractivity contribution in [1.29, 1.82) is 0 Å². The number of carboxylic acids is 1. The summed E-state index contributed by atoms with van der Waals surface area (Å²) in [6, 6.07) is -1.35. The highest BCUT2D eigenvalue weighted by atomic mass is 16.5. The van der Waals surface area contributed by atoms with Gasteiger partial charge in [0, 0.05) is 12.5 Å². The van der Waals surface area contributed by atoms with E-state index in [2.05, 4.69) is 15.4 Å². The smallest absolute Gasteiger partial charge is 0.407 e. The molecule has 0 saturated carbocycles. The van der Waals surface area contributed by atoms with Crippen molar-refractivity contribution in [3.8, 4) is 0 Å². The molecule has 1 heterocycles. The standard InChI is InChI=1S/C13H22N2O5/c1-7(2)11(15-13(19)20-3)10(16)6-8-4-5-9(14-8)12(17)18/h7-9,11,14H,4-6H2,1-3H3,(H,15,19)(H,17,18).